The highest BCUT2D eigenvalue weighted by atomic mass is 79.9. The maximum Gasteiger partial charge on any atom is 0.101 e. The van der Waals surface area contributed by atoms with Crippen LogP contribution in [0.3, 0.4) is 0 Å². The van der Waals surface area contributed by atoms with Crippen molar-refractivity contribution in [3.8, 4) is 0 Å². The summed E-state index contributed by atoms with van der Waals surface area (Å²) in [5, 5.41) is 10.1. The van der Waals surface area contributed by atoms with Crippen LogP contribution in [0.4, 0.5) is 0 Å². The van der Waals surface area contributed by atoms with Crippen LogP contribution in [0.1, 0.15) is 37.5 Å². The quantitative estimate of drug-likeness (QED) is 0.860. The summed E-state index contributed by atoms with van der Waals surface area (Å²) in [5.74, 6) is 0.582. The number of fused-ring (bicyclic) bond motifs is 1. The van der Waals surface area contributed by atoms with Gasteiger partial charge >= 0.3 is 0 Å². The zero-order valence-corrected chi connectivity index (χ0v) is 10.6. The minimum atomic E-state index is -0.403. The summed E-state index contributed by atoms with van der Waals surface area (Å²) in [7, 11) is 0. The van der Waals surface area contributed by atoms with E-state index in [1.807, 2.05) is 18.2 Å². The lowest BCUT2D eigenvalue weighted by Gasteiger charge is -2.12. The monoisotopic (exact) mass is 266 g/mol. The molecule has 0 fully saturated rings. The molecule has 1 aromatic carbocycles. The molecule has 0 radical (unpaired) electrons. The molecule has 1 N–H and O–H groups in total. The Morgan fingerprint density at radius 1 is 1.40 bits per heavy atom. The van der Waals surface area contributed by atoms with Gasteiger partial charge in [-0.1, -0.05) is 48.0 Å². The molecule has 1 nitrogen and oxygen atoms in total. The Bertz CT molecular complexity index is 407. The second-order valence-electron chi connectivity index (χ2n) is 4.46. The third kappa shape index (κ3) is 2.01. The topological polar surface area (TPSA) is 20.2 Å². The molecule has 0 aromatic heterocycles. The first-order valence-corrected chi connectivity index (χ1v) is 6.06. The average molecular weight is 267 g/mol. The second kappa shape index (κ2) is 4.11. The first kappa shape index (κ1) is 10.9. The average Bonchev–Trinajstić information content (AvgIpc) is 2.46. The smallest absolute Gasteiger partial charge is 0.101 e. The molecule has 0 heterocycles. The van der Waals surface area contributed by atoms with E-state index >= 15 is 0 Å². The van der Waals surface area contributed by atoms with E-state index in [1.54, 1.807) is 0 Å². The standard InChI is InChI=1S/C13H15BrO/c1-8(2)6-9-7-11-10(13(9)15)4-3-5-12(11)14/h3-5,7-8,13,15H,6H2,1-2H3. The summed E-state index contributed by atoms with van der Waals surface area (Å²) in [6.45, 7) is 4.34. The van der Waals surface area contributed by atoms with Crippen molar-refractivity contribution in [2.45, 2.75) is 26.4 Å². The van der Waals surface area contributed by atoms with Gasteiger partial charge in [-0.05, 0) is 35.1 Å². The summed E-state index contributed by atoms with van der Waals surface area (Å²) in [5.41, 5.74) is 3.30. The van der Waals surface area contributed by atoms with Gasteiger partial charge in [0.2, 0.25) is 0 Å². The Balaban J connectivity index is 2.36. The Labute approximate surface area is 99.0 Å². The van der Waals surface area contributed by atoms with Crippen molar-refractivity contribution in [2.24, 2.45) is 5.92 Å². The number of rotatable bonds is 2. The van der Waals surface area contributed by atoms with E-state index in [0.717, 1.165) is 27.6 Å². The predicted octanol–water partition coefficient (Wildman–Crippen LogP) is 3.93. The fourth-order valence-electron chi connectivity index (χ4n) is 2.05. The first-order valence-electron chi connectivity index (χ1n) is 5.26. The molecule has 1 aliphatic rings. The van der Waals surface area contributed by atoms with Crippen LogP contribution in [0, 0.1) is 5.92 Å². The maximum atomic E-state index is 10.1. The van der Waals surface area contributed by atoms with Gasteiger partial charge in [0.1, 0.15) is 6.10 Å². The highest BCUT2D eigenvalue weighted by molar-refractivity contribution is 9.10. The van der Waals surface area contributed by atoms with Crippen molar-refractivity contribution in [3.63, 3.8) is 0 Å². The normalized spacial score (nSPS) is 19.3. The molecule has 80 valence electrons. The molecule has 0 aliphatic heterocycles. The molecular weight excluding hydrogens is 252 g/mol. The van der Waals surface area contributed by atoms with Gasteiger partial charge in [-0.25, -0.2) is 0 Å². The predicted molar refractivity (Wildman–Crippen MR) is 66.5 cm³/mol. The van der Waals surface area contributed by atoms with E-state index in [1.165, 1.54) is 0 Å². The number of aliphatic hydroxyl groups excluding tert-OH is 1. The molecule has 0 spiro atoms. The molecule has 0 amide bonds. The second-order valence-corrected chi connectivity index (χ2v) is 5.32. The third-order valence-electron chi connectivity index (χ3n) is 2.71. The van der Waals surface area contributed by atoms with Crippen molar-refractivity contribution in [1.29, 1.82) is 0 Å². The Morgan fingerprint density at radius 3 is 2.73 bits per heavy atom. The molecule has 0 bridgehead atoms. The van der Waals surface area contributed by atoms with Crippen LogP contribution in [0.2, 0.25) is 0 Å². The zero-order valence-electron chi connectivity index (χ0n) is 9.00. The molecule has 1 atom stereocenters. The molecule has 2 rings (SSSR count). The molecule has 2 heteroatoms. The number of aliphatic hydroxyl groups is 1. The van der Waals surface area contributed by atoms with Crippen molar-refractivity contribution >= 4 is 22.0 Å². The van der Waals surface area contributed by atoms with Gasteiger partial charge in [-0.15, -0.1) is 0 Å². The van der Waals surface area contributed by atoms with Gasteiger partial charge in [-0.2, -0.15) is 0 Å². The minimum Gasteiger partial charge on any atom is -0.384 e. The fourth-order valence-corrected chi connectivity index (χ4v) is 2.55. The van der Waals surface area contributed by atoms with Gasteiger partial charge in [0, 0.05) is 4.47 Å². The van der Waals surface area contributed by atoms with Gasteiger partial charge in [-0.3, -0.25) is 0 Å². The maximum absolute atomic E-state index is 10.1. The number of benzene rings is 1. The van der Waals surface area contributed by atoms with E-state index in [2.05, 4.69) is 35.9 Å². The minimum absolute atomic E-state index is 0.403. The lowest BCUT2D eigenvalue weighted by Crippen LogP contribution is -2.00. The highest BCUT2D eigenvalue weighted by Crippen LogP contribution is 2.40. The summed E-state index contributed by atoms with van der Waals surface area (Å²) < 4.78 is 1.07. The van der Waals surface area contributed by atoms with E-state index in [9.17, 15) is 5.11 Å². The molecule has 0 saturated carbocycles. The van der Waals surface area contributed by atoms with Crippen molar-refractivity contribution < 1.29 is 5.11 Å². The summed E-state index contributed by atoms with van der Waals surface area (Å²) in [4.78, 5) is 0. The molecule has 0 saturated heterocycles. The third-order valence-corrected chi connectivity index (χ3v) is 3.40. The lowest BCUT2D eigenvalue weighted by atomic mass is 9.99. The molecule has 15 heavy (non-hydrogen) atoms. The van der Waals surface area contributed by atoms with Crippen LogP contribution in [-0.4, -0.2) is 5.11 Å². The molecule has 1 aromatic rings. The Hall–Kier alpha value is -0.600. The van der Waals surface area contributed by atoms with Gasteiger partial charge < -0.3 is 5.11 Å². The number of halogens is 1. The van der Waals surface area contributed by atoms with Crippen LogP contribution in [0.15, 0.2) is 28.2 Å². The Kier molecular flexibility index (Phi) is 2.98. The summed E-state index contributed by atoms with van der Waals surface area (Å²) in [6.07, 6.45) is 2.67. The van der Waals surface area contributed by atoms with E-state index < -0.39 is 6.10 Å². The number of hydrogen-bond donors (Lipinski definition) is 1. The zero-order chi connectivity index (χ0) is 11.0. The van der Waals surface area contributed by atoms with Crippen LogP contribution in [0.5, 0.6) is 0 Å². The highest BCUT2D eigenvalue weighted by Gasteiger charge is 2.24. The summed E-state index contributed by atoms with van der Waals surface area (Å²) in [6, 6.07) is 5.98. The fraction of sp³-hybridized carbons (Fsp3) is 0.385. The molecule has 1 aliphatic carbocycles. The van der Waals surface area contributed by atoms with E-state index in [4.69, 9.17) is 0 Å². The van der Waals surface area contributed by atoms with E-state index in [0.29, 0.717) is 5.92 Å². The van der Waals surface area contributed by atoms with Crippen molar-refractivity contribution in [2.75, 3.05) is 0 Å². The van der Waals surface area contributed by atoms with Crippen LogP contribution >= 0.6 is 15.9 Å². The van der Waals surface area contributed by atoms with Gasteiger partial charge in [0.25, 0.3) is 0 Å². The SMILES string of the molecule is CC(C)CC1=Cc2c(Br)cccc2C1O. The van der Waals surface area contributed by atoms with Crippen molar-refractivity contribution in [3.05, 3.63) is 39.4 Å². The Morgan fingerprint density at radius 2 is 2.13 bits per heavy atom. The number of hydrogen-bond acceptors (Lipinski definition) is 1. The van der Waals surface area contributed by atoms with Gasteiger partial charge in [0.05, 0.1) is 0 Å². The van der Waals surface area contributed by atoms with Crippen LogP contribution in [0.25, 0.3) is 6.08 Å². The van der Waals surface area contributed by atoms with Gasteiger partial charge in [0.15, 0.2) is 0 Å². The van der Waals surface area contributed by atoms with Crippen molar-refractivity contribution in [1.82, 2.24) is 0 Å². The first-order chi connectivity index (χ1) is 7.09. The largest absolute Gasteiger partial charge is 0.384 e. The molecular formula is C13H15BrO. The van der Waals surface area contributed by atoms with Crippen LogP contribution in [-0.2, 0) is 0 Å². The summed E-state index contributed by atoms with van der Waals surface area (Å²) >= 11 is 3.51. The van der Waals surface area contributed by atoms with E-state index in [-0.39, 0.29) is 0 Å². The van der Waals surface area contributed by atoms with Crippen LogP contribution < -0.4 is 0 Å². The lowest BCUT2D eigenvalue weighted by molar-refractivity contribution is 0.212. The molecule has 1 unspecified atom stereocenters.